The summed E-state index contributed by atoms with van der Waals surface area (Å²) in [6, 6.07) is 0. The third kappa shape index (κ3) is 3.20. The van der Waals surface area contributed by atoms with Crippen LogP contribution in [0.15, 0.2) is 4.52 Å². The number of carbonyl (C=O) groups excluding carboxylic acids is 2. The summed E-state index contributed by atoms with van der Waals surface area (Å²) in [5, 5.41) is 5.23. The van der Waals surface area contributed by atoms with Gasteiger partial charge in [-0.05, 0) is 20.8 Å². The average Bonchev–Trinajstić information content (AvgIpc) is 2.60. The van der Waals surface area contributed by atoms with Crippen molar-refractivity contribution in [2.75, 3.05) is 11.9 Å². The summed E-state index contributed by atoms with van der Waals surface area (Å²) in [5.41, 5.74) is 0.457. The van der Waals surface area contributed by atoms with Gasteiger partial charge in [-0.25, -0.2) is 4.79 Å². The van der Waals surface area contributed by atoms with E-state index in [2.05, 4.69) is 10.5 Å². The fraction of sp³-hybridized carbons (Fsp3) is 0.500. The SMILES string of the molecule is CCOC(=O)c1c(C)noc1NC(=O)C(C)Cl. The zero-order chi connectivity index (χ0) is 13.0. The van der Waals surface area contributed by atoms with Crippen LogP contribution < -0.4 is 5.32 Å². The minimum Gasteiger partial charge on any atom is -0.462 e. The minimum absolute atomic E-state index is 0.0431. The van der Waals surface area contributed by atoms with Crippen molar-refractivity contribution in [3.8, 4) is 0 Å². The monoisotopic (exact) mass is 260 g/mol. The number of ether oxygens (including phenoxy) is 1. The Morgan fingerprint density at radius 1 is 1.59 bits per heavy atom. The highest BCUT2D eigenvalue weighted by molar-refractivity contribution is 6.32. The van der Waals surface area contributed by atoms with E-state index in [4.69, 9.17) is 20.9 Å². The molecular weight excluding hydrogens is 248 g/mol. The van der Waals surface area contributed by atoms with Gasteiger partial charge in [-0.3, -0.25) is 10.1 Å². The molecule has 0 aliphatic heterocycles. The number of anilines is 1. The average molecular weight is 261 g/mol. The van der Waals surface area contributed by atoms with E-state index in [1.807, 2.05) is 0 Å². The molecule has 1 rings (SSSR count). The molecule has 0 radical (unpaired) electrons. The maximum absolute atomic E-state index is 11.6. The summed E-state index contributed by atoms with van der Waals surface area (Å²) in [6.07, 6.45) is 0. The molecule has 0 aliphatic rings. The lowest BCUT2D eigenvalue weighted by molar-refractivity contribution is -0.115. The van der Waals surface area contributed by atoms with E-state index in [0.29, 0.717) is 5.69 Å². The van der Waals surface area contributed by atoms with Crippen molar-refractivity contribution >= 4 is 29.4 Å². The van der Waals surface area contributed by atoms with Crippen molar-refractivity contribution in [2.24, 2.45) is 0 Å². The molecule has 1 unspecified atom stereocenters. The number of halogens is 1. The molecular formula is C10H13ClN2O4. The summed E-state index contributed by atoms with van der Waals surface area (Å²) in [4.78, 5) is 23.0. The molecule has 7 heteroatoms. The van der Waals surface area contributed by atoms with Crippen LogP contribution in [0.1, 0.15) is 29.9 Å². The van der Waals surface area contributed by atoms with Gasteiger partial charge in [0.25, 0.3) is 0 Å². The maximum atomic E-state index is 11.6. The van der Waals surface area contributed by atoms with Crippen LogP contribution in [0.5, 0.6) is 0 Å². The second-order valence-corrected chi connectivity index (χ2v) is 3.95. The van der Waals surface area contributed by atoms with Crippen molar-refractivity contribution in [3.63, 3.8) is 0 Å². The van der Waals surface area contributed by atoms with Crippen LogP contribution in [0.25, 0.3) is 0 Å². The summed E-state index contributed by atoms with van der Waals surface area (Å²) in [5.74, 6) is -1.12. The first-order valence-electron chi connectivity index (χ1n) is 5.05. The first-order valence-corrected chi connectivity index (χ1v) is 5.49. The molecule has 1 aromatic rings. The Bertz CT molecular complexity index is 428. The van der Waals surface area contributed by atoms with Crippen molar-refractivity contribution in [1.82, 2.24) is 5.16 Å². The molecule has 0 fully saturated rings. The molecule has 1 amide bonds. The summed E-state index contributed by atoms with van der Waals surface area (Å²) < 4.78 is 9.67. The Morgan fingerprint density at radius 3 is 2.76 bits per heavy atom. The predicted octanol–water partition coefficient (Wildman–Crippen LogP) is 1.73. The molecule has 94 valence electrons. The van der Waals surface area contributed by atoms with Gasteiger partial charge < -0.3 is 9.26 Å². The Hall–Kier alpha value is -1.56. The maximum Gasteiger partial charge on any atom is 0.345 e. The van der Waals surface area contributed by atoms with Gasteiger partial charge in [0.15, 0.2) is 0 Å². The molecule has 1 heterocycles. The van der Waals surface area contributed by atoms with Gasteiger partial charge in [0, 0.05) is 0 Å². The Kier molecular flexibility index (Phi) is 4.51. The quantitative estimate of drug-likeness (QED) is 0.658. The molecule has 0 saturated carbocycles. The second kappa shape index (κ2) is 5.67. The lowest BCUT2D eigenvalue weighted by Crippen LogP contribution is -2.21. The number of hydrogen-bond acceptors (Lipinski definition) is 5. The lowest BCUT2D eigenvalue weighted by Gasteiger charge is -2.05. The van der Waals surface area contributed by atoms with Crippen molar-refractivity contribution in [2.45, 2.75) is 26.1 Å². The molecule has 1 aromatic heterocycles. The van der Waals surface area contributed by atoms with Crippen LogP contribution in [0.4, 0.5) is 5.88 Å². The van der Waals surface area contributed by atoms with Gasteiger partial charge in [-0.15, -0.1) is 11.6 Å². The highest BCUT2D eigenvalue weighted by Crippen LogP contribution is 2.20. The Balaban J connectivity index is 2.94. The number of hydrogen-bond donors (Lipinski definition) is 1. The van der Waals surface area contributed by atoms with Gasteiger partial charge >= 0.3 is 5.97 Å². The fourth-order valence-electron chi connectivity index (χ4n) is 1.11. The van der Waals surface area contributed by atoms with Crippen LogP contribution in [0.3, 0.4) is 0 Å². The Labute approximate surface area is 103 Å². The number of esters is 1. The molecule has 0 bridgehead atoms. The Morgan fingerprint density at radius 2 is 2.24 bits per heavy atom. The van der Waals surface area contributed by atoms with E-state index in [1.54, 1.807) is 13.8 Å². The van der Waals surface area contributed by atoms with E-state index in [0.717, 1.165) is 0 Å². The van der Waals surface area contributed by atoms with Crippen LogP contribution in [0, 0.1) is 6.92 Å². The highest BCUT2D eigenvalue weighted by atomic mass is 35.5. The lowest BCUT2D eigenvalue weighted by atomic mass is 10.2. The van der Waals surface area contributed by atoms with Crippen LogP contribution in [0.2, 0.25) is 0 Å². The molecule has 17 heavy (non-hydrogen) atoms. The number of rotatable bonds is 4. The first kappa shape index (κ1) is 13.5. The third-order valence-electron chi connectivity index (χ3n) is 1.94. The molecule has 0 spiro atoms. The van der Waals surface area contributed by atoms with Crippen molar-refractivity contribution in [1.29, 1.82) is 0 Å². The summed E-state index contributed by atoms with van der Waals surface area (Å²) >= 11 is 5.59. The van der Waals surface area contributed by atoms with Crippen molar-refractivity contribution < 1.29 is 18.8 Å². The van der Waals surface area contributed by atoms with Crippen LogP contribution in [-0.2, 0) is 9.53 Å². The molecule has 0 aliphatic carbocycles. The van der Waals surface area contributed by atoms with Gasteiger partial charge in [0.2, 0.25) is 11.8 Å². The van der Waals surface area contributed by atoms with E-state index in [1.165, 1.54) is 6.92 Å². The highest BCUT2D eigenvalue weighted by Gasteiger charge is 2.24. The summed E-state index contributed by atoms with van der Waals surface area (Å²) in [6.45, 7) is 4.99. The zero-order valence-electron chi connectivity index (χ0n) is 9.74. The largest absolute Gasteiger partial charge is 0.462 e. The number of amides is 1. The van der Waals surface area contributed by atoms with E-state index in [9.17, 15) is 9.59 Å². The number of alkyl halides is 1. The standard InChI is InChI=1S/C10H13ClN2O4/c1-4-16-10(15)7-6(3)13-17-9(7)12-8(14)5(2)11/h5H,4H2,1-3H3,(H,12,14). The minimum atomic E-state index is -0.740. The predicted molar refractivity (Wildman–Crippen MR) is 61.1 cm³/mol. The van der Waals surface area contributed by atoms with Gasteiger partial charge in [0.05, 0.1) is 12.3 Å². The molecule has 6 nitrogen and oxygen atoms in total. The fourth-order valence-corrected chi connectivity index (χ4v) is 1.16. The third-order valence-corrected chi connectivity index (χ3v) is 2.14. The van der Waals surface area contributed by atoms with Crippen LogP contribution in [-0.4, -0.2) is 29.0 Å². The normalized spacial score (nSPS) is 12.0. The van der Waals surface area contributed by atoms with E-state index >= 15 is 0 Å². The first-order chi connectivity index (χ1) is 7.97. The van der Waals surface area contributed by atoms with Gasteiger partial charge in [0.1, 0.15) is 10.9 Å². The van der Waals surface area contributed by atoms with Gasteiger partial charge in [-0.2, -0.15) is 0 Å². The number of aryl methyl sites for hydroxylation is 1. The topological polar surface area (TPSA) is 81.4 Å². The number of aromatic nitrogens is 1. The zero-order valence-corrected chi connectivity index (χ0v) is 10.5. The smallest absolute Gasteiger partial charge is 0.345 e. The number of nitrogens with one attached hydrogen (secondary N) is 1. The number of nitrogens with zero attached hydrogens (tertiary/aromatic N) is 1. The molecule has 1 atom stereocenters. The summed E-state index contributed by atoms with van der Waals surface area (Å²) in [7, 11) is 0. The number of carbonyl (C=O) groups is 2. The van der Waals surface area contributed by atoms with Gasteiger partial charge in [-0.1, -0.05) is 5.16 Å². The van der Waals surface area contributed by atoms with E-state index < -0.39 is 17.3 Å². The van der Waals surface area contributed by atoms with E-state index in [-0.39, 0.29) is 18.1 Å². The van der Waals surface area contributed by atoms with Crippen LogP contribution >= 0.6 is 11.6 Å². The van der Waals surface area contributed by atoms with Crippen molar-refractivity contribution in [3.05, 3.63) is 11.3 Å². The molecule has 1 N–H and O–H groups in total. The second-order valence-electron chi connectivity index (χ2n) is 3.30. The molecule has 0 saturated heterocycles. The molecule has 0 aromatic carbocycles.